The number of pyridine rings is 1. The molecule has 0 spiro atoms. The van der Waals surface area contributed by atoms with Gasteiger partial charge in [-0.15, -0.1) is 11.3 Å². The molecule has 0 saturated carbocycles. The van der Waals surface area contributed by atoms with E-state index in [9.17, 15) is 4.79 Å². The van der Waals surface area contributed by atoms with E-state index in [0.717, 1.165) is 37.0 Å². The van der Waals surface area contributed by atoms with Gasteiger partial charge in [-0.25, -0.2) is 9.97 Å². The number of nitrogens with zero attached hydrogens (tertiary/aromatic N) is 4. The number of hydrogen-bond donors (Lipinski definition) is 1. The van der Waals surface area contributed by atoms with Crippen LogP contribution in [-0.4, -0.2) is 54.0 Å². The van der Waals surface area contributed by atoms with Gasteiger partial charge in [0.15, 0.2) is 0 Å². The number of aryl methyl sites for hydroxylation is 1. The fourth-order valence-corrected chi connectivity index (χ4v) is 2.94. The van der Waals surface area contributed by atoms with Crippen LogP contribution in [0.15, 0.2) is 23.7 Å². The summed E-state index contributed by atoms with van der Waals surface area (Å²) in [6.45, 7) is 5.93. The van der Waals surface area contributed by atoms with Gasteiger partial charge in [-0.3, -0.25) is 4.79 Å². The summed E-state index contributed by atoms with van der Waals surface area (Å²) < 4.78 is 0. The van der Waals surface area contributed by atoms with Crippen LogP contribution in [0.3, 0.4) is 0 Å². The Bertz CT molecular complexity index is 646. The minimum atomic E-state index is -0.196. The van der Waals surface area contributed by atoms with Crippen molar-refractivity contribution in [2.24, 2.45) is 0 Å². The van der Waals surface area contributed by atoms with Crippen molar-refractivity contribution in [3.8, 4) is 0 Å². The molecule has 1 fully saturated rings. The molecule has 0 bridgehead atoms. The van der Waals surface area contributed by atoms with Gasteiger partial charge < -0.3 is 15.1 Å². The van der Waals surface area contributed by atoms with E-state index in [4.69, 9.17) is 0 Å². The third kappa shape index (κ3) is 3.42. The highest BCUT2D eigenvalue weighted by molar-refractivity contribution is 7.09. The number of rotatable bonds is 3. The Morgan fingerprint density at radius 3 is 2.64 bits per heavy atom. The summed E-state index contributed by atoms with van der Waals surface area (Å²) in [6.07, 6.45) is 1.70. The summed E-state index contributed by atoms with van der Waals surface area (Å²) in [5.74, 6) is 0.758. The molecule has 0 aromatic carbocycles. The van der Waals surface area contributed by atoms with Gasteiger partial charge in [-0.05, 0) is 26.1 Å². The summed E-state index contributed by atoms with van der Waals surface area (Å²) in [5.41, 5.74) is 1.14. The molecule has 0 atom stereocenters. The summed E-state index contributed by atoms with van der Waals surface area (Å²) in [7, 11) is 2.13. The number of likely N-dealkylation sites (N-methyl/N-ethyl adjacent to an activating group) is 1. The molecular formula is C15H19N5OS. The Morgan fingerprint density at radius 2 is 2.05 bits per heavy atom. The molecule has 3 rings (SSSR count). The van der Waals surface area contributed by atoms with Gasteiger partial charge in [-0.1, -0.05) is 0 Å². The maximum atomic E-state index is 12.0. The van der Waals surface area contributed by atoms with E-state index in [2.05, 4.69) is 32.1 Å². The van der Waals surface area contributed by atoms with E-state index in [0.29, 0.717) is 11.4 Å². The van der Waals surface area contributed by atoms with Gasteiger partial charge in [0, 0.05) is 31.6 Å². The molecule has 2 aromatic rings. The zero-order valence-corrected chi connectivity index (χ0v) is 13.6. The van der Waals surface area contributed by atoms with E-state index in [1.54, 1.807) is 11.6 Å². The number of aromatic nitrogens is 2. The fraction of sp³-hybridized carbons (Fsp3) is 0.400. The molecule has 0 unspecified atom stereocenters. The zero-order valence-electron chi connectivity index (χ0n) is 12.7. The number of thiazole rings is 1. The van der Waals surface area contributed by atoms with E-state index in [-0.39, 0.29) is 5.91 Å². The lowest BCUT2D eigenvalue weighted by Crippen LogP contribution is -2.44. The largest absolute Gasteiger partial charge is 0.354 e. The van der Waals surface area contributed by atoms with Crippen molar-refractivity contribution in [3.63, 3.8) is 0 Å². The first-order valence-electron chi connectivity index (χ1n) is 7.25. The number of amides is 1. The van der Waals surface area contributed by atoms with E-state index in [1.165, 1.54) is 11.3 Å². The Balaban J connectivity index is 1.63. The van der Waals surface area contributed by atoms with Gasteiger partial charge in [-0.2, -0.15) is 0 Å². The third-order valence-electron chi connectivity index (χ3n) is 3.68. The van der Waals surface area contributed by atoms with Crippen LogP contribution in [0.1, 0.15) is 15.5 Å². The van der Waals surface area contributed by atoms with Crippen LogP contribution in [-0.2, 0) is 0 Å². The number of nitrogens with one attached hydrogen (secondary N) is 1. The molecule has 0 radical (unpaired) electrons. The summed E-state index contributed by atoms with van der Waals surface area (Å²) in [4.78, 5) is 25.2. The van der Waals surface area contributed by atoms with Crippen molar-refractivity contribution < 1.29 is 4.79 Å². The van der Waals surface area contributed by atoms with Crippen LogP contribution < -0.4 is 10.2 Å². The monoisotopic (exact) mass is 317 g/mol. The second-order valence-electron chi connectivity index (χ2n) is 5.40. The molecule has 22 heavy (non-hydrogen) atoms. The molecule has 6 nitrogen and oxygen atoms in total. The molecule has 116 valence electrons. The smallest absolute Gasteiger partial charge is 0.275 e. The molecule has 1 aliphatic rings. The van der Waals surface area contributed by atoms with Crippen LogP contribution in [0.25, 0.3) is 0 Å². The average Bonchev–Trinajstić information content (AvgIpc) is 2.96. The Labute approximate surface area is 133 Å². The molecule has 1 saturated heterocycles. The zero-order chi connectivity index (χ0) is 15.5. The normalized spacial score (nSPS) is 15.8. The van der Waals surface area contributed by atoms with Crippen LogP contribution in [0, 0.1) is 6.92 Å². The molecule has 1 aliphatic heterocycles. The highest BCUT2D eigenvalue weighted by Crippen LogP contribution is 2.17. The third-order valence-corrected chi connectivity index (χ3v) is 4.46. The summed E-state index contributed by atoms with van der Waals surface area (Å²) in [5, 5.41) is 5.47. The Kier molecular flexibility index (Phi) is 4.35. The second-order valence-corrected chi connectivity index (χ2v) is 6.46. The van der Waals surface area contributed by atoms with E-state index in [1.807, 2.05) is 19.1 Å². The van der Waals surface area contributed by atoms with E-state index < -0.39 is 0 Å². The molecule has 1 N–H and O–H groups in total. The van der Waals surface area contributed by atoms with Crippen molar-refractivity contribution in [1.29, 1.82) is 0 Å². The summed E-state index contributed by atoms with van der Waals surface area (Å²) >= 11 is 1.47. The maximum Gasteiger partial charge on any atom is 0.275 e. The first-order valence-corrected chi connectivity index (χ1v) is 8.13. The number of carbonyl (C=O) groups is 1. The standard InChI is InChI=1S/C15H19N5OS/c1-11-17-13(10-22-11)15(21)18-12-3-4-14(16-9-12)20-7-5-19(2)6-8-20/h3-4,9-10H,5-8H2,1-2H3,(H,18,21). The molecule has 2 aromatic heterocycles. The molecule has 1 amide bonds. The number of anilines is 2. The van der Waals surface area contributed by atoms with Crippen LogP contribution in [0.4, 0.5) is 11.5 Å². The van der Waals surface area contributed by atoms with Crippen LogP contribution in [0.5, 0.6) is 0 Å². The number of carbonyl (C=O) groups excluding carboxylic acids is 1. The fourth-order valence-electron chi connectivity index (χ4n) is 2.35. The highest BCUT2D eigenvalue weighted by Gasteiger charge is 2.15. The van der Waals surface area contributed by atoms with Crippen molar-refractivity contribution in [2.75, 3.05) is 43.4 Å². The van der Waals surface area contributed by atoms with Gasteiger partial charge in [0.05, 0.1) is 16.9 Å². The first kappa shape index (κ1) is 14.9. The predicted octanol–water partition coefficient (Wildman–Crippen LogP) is 1.85. The lowest BCUT2D eigenvalue weighted by atomic mass is 10.3. The molecular weight excluding hydrogens is 298 g/mol. The van der Waals surface area contributed by atoms with Crippen LogP contribution >= 0.6 is 11.3 Å². The molecule has 7 heteroatoms. The molecule has 3 heterocycles. The van der Waals surface area contributed by atoms with E-state index >= 15 is 0 Å². The van der Waals surface area contributed by atoms with Crippen LogP contribution in [0.2, 0.25) is 0 Å². The van der Waals surface area contributed by atoms with Gasteiger partial charge in [0.2, 0.25) is 0 Å². The van der Waals surface area contributed by atoms with Gasteiger partial charge in [0.25, 0.3) is 5.91 Å². The summed E-state index contributed by atoms with van der Waals surface area (Å²) in [6, 6.07) is 3.84. The Morgan fingerprint density at radius 1 is 1.27 bits per heavy atom. The minimum Gasteiger partial charge on any atom is -0.354 e. The molecule has 0 aliphatic carbocycles. The number of hydrogen-bond acceptors (Lipinski definition) is 6. The maximum absolute atomic E-state index is 12.0. The van der Waals surface area contributed by atoms with Crippen molar-refractivity contribution in [3.05, 3.63) is 34.4 Å². The quantitative estimate of drug-likeness (QED) is 0.936. The van der Waals surface area contributed by atoms with Gasteiger partial charge >= 0.3 is 0 Å². The minimum absolute atomic E-state index is 0.196. The van der Waals surface area contributed by atoms with Crippen molar-refractivity contribution in [2.45, 2.75) is 6.92 Å². The lowest BCUT2D eigenvalue weighted by Gasteiger charge is -2.33. The lowest BCUT2D eigenvalue weighted by molar-refractivity contribution is 0.102. The van der Waals surface area contributed by atoms with Crippen molar-refractivity contribution in [1.82, 2.24) is 14.9 Å². The highest BCUT2D eigenvalue weighted by atomic mass is 32.1. The average molecular weight is 317 g/mol. The Hall–Kier alpha value is -1.99. The predicted molar refractivity (Wildman–Crippen MR) is 88.8 cm³/mol. The van der Waals surface area contributed by atoms with Gasteiger partial charge in [0.1, 0.15) is 11.5 Å². The van der Waals surface area contributed by atoms with Crippen molar-refractivity contribution >= 4 is 28.7 Å². The first-order chi connectivity index (χ1) is 10.6. The second kappa shape index (κ2) is 6.41. The topological polar surface area (TPSA) is 61.4 Å². The SMILES string of the molecule is Cc1nc(C(=O)Nc2ccc(N3CCN(C)CC3)nc2)cs1. The number of piperazine rings is 1.